The number of benzene rings is 2. The Hall–Kier alpha value is -2.15. The first kappa shape index (κ1) is 18.6. The molecular formula is C20H23NO4S. The molecule has 0 aromatic heterocycles. The molecule has 138 valence electrons. The Kier molecular flexibility index (Phi) is 5.46. The van der Waals surface area contributed by atoms with Gasteiger partial charge in [0, 0.05) is 13.1 Å². The Balaban J connectivity index is 1.95. The third-order valence-electron chi connectivity index (χ3n) is 4.50. The largest absolute Gasteiger partial charge is 0.497 e. The molecule has 2 aromatic carbocycles. The van der Waals surface area contributed by atoms with Crippen LogP contribution in [-0.4, -0.2) is 44.1 Å². The van der Waals surface area contributed by atoms with Crippen LogP contribution in [-0.2, 0) is 10.0 Å². The highest BCUT2D eigenvalue weighted by molar-refractivity contribution is 7.89. The van der Waals surface area contributed by atoms with Gasteiger partial charge in [0.25, 0.3) is 0 Å². The molecule has 0 aliphatic carbocycles. The van der Waals surface area contributed by atoms with Gasteiger partial charge in [-0.15, -0.1) is 0 Å². The van der Waals surface area contributed by atoms with E-state index in [1.54, 1.807) is 31.4 Å². The first-order valence-electron chi connectivity index (χ1n) is 8.48. The highest BCUT2D eigenvalue weighted by Gasteiger charge is 2.29. The number of β-amino-alcohol motifs (C(OH)–C–C–N with tert-alkyl or cyclic N) is 1. The van der Waals surface area contributed by atoms with Crippen LogP contribution in [0.4, 0.5) is 0 Å². The van der Waals surface area contributed by atoms with Crippen molar-refractivity contribution in [3.8, 4) is 5.75 Å². The molecule has 0 spiro atoms. The van der Waals surface area contributed by atoms with Gasteiger partial charge < -0.3 is 9.84 Å². The van der Waals surface area contributed by atoms with Crippen LogP contribution in [0.3, 0.4) is 0 Å². The normalized spacial score (nSPS) is 18.9. The second kappa shape index (κ2) is 7.61. The molecule has 0 radical (unpaired) electrons. The highest BCUT2D eigenvalue weighted by atomic mass is 32.2. The molecule has 3 rings (SSSR count). The van der Waals surface area contributed by atoms with Crippen molar-refractivity contribution in [2.75, 3.05) is 20.2 Å². The summed E-state index contributed by atoms with van der Waals surface area (Å²) < 4.78 is 32.7. The zero-order valence-electron chi connectivity index (χ0n) is 14.9. The van der Waals surface area contributed by atoms with Gasteiger partial charge in [-0.2, -0.15) is 4.31 Å². The van der Waals surface area contributed by atoms with Crippen molar-refractivity contribution in [2.45, 2.75) is 24.3 Å². The molecule has 26 heavy (non-hydrogen) atoms. The maximum atomic E-state index is 13.1. The second-order valence-electron chi connectivity index (χ2n) is 6.46. The number of hydrogen-bond donors (Lipinski definition) is 1. The van der Waals surface area contributed by atoms with Crippen molar-refractivity contribution in [3.05, 3.63) is 65.7 Å². The number of methoxy groups -OCH3 is 1. The van der Waals surface area contributed by atoms with Gasteiger partial charge in [-0.25, -0.2) is 8.42 Å². The van der Waals surface area contributed by atoms with Crippen molar-refractivity contribution >= 4 is 15.6 Å². The number of aliphatic hydroxyl groups is 1. The topological polar surface area (TPSA) is 66.8 Å². The Morgan fingerprint density at radius 1 is 1.15 bits per heavy atom. The summed E-state index contributed by atoms with van der Waals surface area (Å²) in [6.45, 7) is 2.19. The van der Waals surface area contributed by atoms with E-state index in [1.807, 2.05) is 37.3 Å². The molecule has 0 amide bonds. The zero-order chi connectivity index (χ0) is 18.7. The lowest BCUT2D eigenvalue weighted by molar-refractivity contribution is 0.155. The number of ether oxygens (including phenoxy) is 1. The highest BCUT2D eigenvalue weighted by Crippen LogP contribution is 2.27. The Morgan fingerprint density at radius 2 is 1.88 bits per heavy atom. The summed E-state index contributed by atoms with van der Waals surface area (Å²) in [5.41, 5.74) is 2.75. The number of hydrogen-bond acceptors (Lipinski definition) is 4. The van der Waals surface area contributed by atoms with Gasteiger partial charge in [-0.1, -0.05) is 35.9 Å². The van der Waals surface area contributed by atoms with Crippen molar-refractivity contribution in [3.63, 3.8) is 0 Å². The first-order chi connectivity index (χ1) is 12.4. The lowest BCUT2D eigenvalue weighted by atomic mass is 10.0. The minimum absolute atomic E-state index is 0.0696. The third-order valence-corrected chi connectivity index (χ3v) is 6.32. The van der Waals surface area contributed by atoms with Gasteiger partial charge in [0.2, 0.25) is 10.0 Å². The maximum Gasteiger partial charge on any atom is 0.243 e. The zero-order valence-corrected chi connectivity index (χ0v) is 15.7. The molecule has 1 atom stereocenters. The standard InChI is InChI=1S/C20H23NO4S/c1-15-6-10-20(11-7-15)26(23,24)21-13-17(8-9-18(22)14-21)16-4-3-5-19(12-16)25-2/h3-8,10-12,18,22H,9,13-14H2,1-2H3. The van der Waals surface area contributed by atoms with Crippen molar-refractivity contribution < 1.29 is 18.3 Å². The average Bonchev–Trinajstić information content (AvgIpc) is 2.84. The van der Waals surface area contributed by atoms with Gasteiger partial charge in [0.05, 0.1) is 18.1 Å². The minimum Gasteiger partial charge on any atom is -0.497 e. The Labute approximate surface area is 154 Å². The van der Waals surface area contributed by atoms with E-state index in [9.17, 15) is 13.5 Å². The summed E-state index contributed by atoms with van der Waals surface area (Å²) in [7, 11) is -2.09. The summed E-state index contributed by atoms with van der Waals surface area (Å²) in [5.74, 6) is 0.709. The van der Waals surface area contributed by atoms with E-state index in [-0.39, 0.29) is 18.0 Å². The van der Waals surface area contributed by atoms with E-state index < -0.39 is 16.1 Å². The van der Waals surface area contributed by atoms with Crippen LogP contribution >= 0.6 is 0 Å². The third kappa shape index (κ3) is 3.98. The number of aliphatic hydroxyl groups excluding tert-OH is 1. The van der Waals surface area contributed by atoms with E-state index in [4.69, 9.17) is 4.74 Å². The fourth-order valence-corrected chi connectivity index (χ4v) is 4.44. The molecule has 1 heterocycles. The monoisotopic (exact) mass is 373 g/mol. The summed E-state index contributed by atoms with van der Waals surface area (Å²) in [4.78, 5) is 0.238. The molecule has 0 saturated carbocycles. The number of sulfonamides is 1. The van der Waals surface area contributed by atoms with Crippen molar-refractivity contribution in [1.29, 1.82) is 0 Å². The van der Waals surface area contributed by atoms with Crippen molar-refractivity contribution in [1.82, 2.24) is 4.31 Å². The molecule has 5 nitrogen and oxygen atoms in total. The lowest BCUT2D eigenvalue weighted by Gasteiger charge is -2.23. The van der Waals surface area contributed by atoms with Gasteiger partial charge in [0.15, 0.2) is 0 Å². The molecule has 1 N–H and O–H groups in total. The molecule has 6 heteroatoms. The van der Waals surface area contributed by atoms with E-state index in [2.05, 4.69) is 0 Å². The van der Waals surface area contributed by atoms with E-state index in [0.717, 1.165) is 16.7 Å². The number of aryl methyl sites for hydroxylation is 1. The molecule has 0 saturated heterocycles. The molecule has 1 aliphatic rings. The van der Waals surface area contributed by atoms with Crippen LogP contribution in [0.1, 0.15) is 17.5 Å². The maximum absolute atomic E-state index is 13.1. The predicted molar refractivity (Wildman–Crippen MR) is 102 cm³/mol. The quantitative estimate of drug-likeness (QED) is 0.895. The van der Waals surface area contributed by atoms with Crippen LogP contribution in [0, 0.1) is 6.92 Å². The minimum atomic E-state index is -3.69. The SMILES string of the molecule is COc1cccc(C2=CCC(O)CN(S(=O)(=O)c3ccc(C)cc3)C2)c1. The fourth-order valence-electron chi connectivity index (χ4n) is 2.98. The molecule has 1 aliphatic heterocycles. The predicted octanol–water partition coefficient (Wildman–Crippen LogP) is 2.84. The van der Waals surface area contributed by atoms with Gasteiger partial charge in [-0.3, -0.25) is 0 Å². The lowest BCUT2D eigenvalue weighted by Crippen LogP contribution is -2.37. The van der Waals surface area contributed by atoms with Crippen LogP contribution in [0.15, 0.2) is 59.5 Å². The fraction of sp³-hybridized carbons (Fsp3) is 0.300. The summed E-state index contributed by atoms with van der Waals surface area (Å²) in [6, 6.07) is 14.3. The van der Waals surface area contributed by atoms with E-state index in [0.29, 0.717) is 12.2 Å². The molecule has 0 bridgehead atoms. The summed E-state index contributed by atoms with van der Waals surface area (Å²) >= 11 is 0. The average molecular weight is 373 g/mol. The number of rotatable bonds is 4. The smallest absolute Gasteiger partial charge is 0.243 e. The molecule has 1 unspecified atom stereocenters. The Morgan fingerprint density at radius 3 is 2.58 bits per heavy atom. The van der Waals surface area contributed by atoms with Gasteiger partial charge in [-0.05, 0) is 48.7 Å². The Bertz CT molecular complexity index is 904. The van der Waals surface area contributed by atoms with Crippen molar-refractivity contribution in [2.24, 2.45) is 0 Å². The summed E-state index contributed by atoms with van der Waals surface area (Å²) in [5, 5.41) is 10.2. The van der Waals surface area contributed by atoms with Crippen LogP contribution < -0.4 is 4.74 Å². The first-order valence-corrected chi connectivity index (χ1v) is 9.92. The number of nitrogens with zero attached hydrogens (tertiary/aromatic N) is 1. The van der Waals surface area contributed by atoms with Crippen LogP contribution in [0.25, 0.3) is 5.57 Å². The molecular weight excluding hydrogens is 350 g/mol. The van der Waals surface area contributed by atoms with E-state index >= 15 is 0 Å². The van der Waals surface area contributed by atoms with Gasteiger partial charge in [0.1, 0.15) is 5.75 Å². The summed E-state index contributed by atoms with van der Waals surface area (Å²) in [6.07, 6.45) is 1.58. The van der Waals surface area contributed by atoms with Gasteiger partial charge >= 0.3 is 0 Å². The van der Waals surface area contributed by atoms with E-state index in [1.165, 1.54) is 4.31 Å². The molecule has 0 fully saturated rings. The van der Waals surface area contributed by atoms with Crippen LogP contribution in [0.2, 0.25) is 0 Å². The van der Waals surface area contributed by atoms with Crippen LogP contribution in [0.5, 0.6) is 5.75 Å². The second-order valence-corrected chi connectivity index (χ2v) is 8.40. The molecule has 2 aromatic rings.